The first kappa shape index (κ1) is 14.5. The molecule has 0 bridgehead atoms. The molecule has 20 heavy (non-hydrogen) atoms. The Hall–Kier alpha value is -1.88. The topological polar surface area (TPSA) is 69.6 Å². The monoisotopic (exact) mass is 276 g/mol. The Balaban J connectivity index is 2.28. The summed E-state index contributed by atoms with van der Waals surface area (Å²) in [6, 6.07) is 7.11. The van der Waals surface area contributed by atoms with Gasteiger partial charge in [-0.2, -0.15) is 0 Å². The Kier molecular flexibility index (Phi) is 4.39. The van der Waals surface area contributed by atoms with E-state index < -0.39 is 0 Å². The largest absolute Gasteiger partial charge is 0.396 e. The summed E-state index contributed by atoms with van der Waals surface area (Å²) in [5.41, 5.74) is 1.11. The summed E-state index contributed by atoms with van der Waals surface area (Å²) in [7, 11) is 0. The Labute approximate surface area is 118 Å². The van der Waals surface area contributed by atoms with Crippen molar-refractivity contribution in [2.24, 2.45) is 5.92 Å². The Morgan fingerprint density at radius 1 is 1.45 bits per heavy atom. The summed E-state index contributed by atoms with van der Waals surface area (Å²) in [6.07, 6.45) is 0.330. The van der Waals surface area contributed by atoms with Crippen LogP contribution in [-0.4, -0.2) is 36.1 Å². The fraction of sp³-hybridized carbons (Fsp3) is 0.467. The molecule has 0 radical (unpaired) electrons. The number of nitrogens with zero attached hydrogens (tertiary/aromatic N) is 1. The zero-order valence-electron chi connectivity index (χ0n) is 11.8. The van der Waals surface area contributed by atoms with Gasteiger partial charge in [0.15, 0.2) is 0 Å². The van der Waals surface area contributed by atoms with Crippen LogP contribution in [0, 0.1) is 5.92 Å². The maximum absolute atomic E-state index is 12.2. The van der Waals surface area contributed by atoms with E-state index in [1.807, 2.05) is 13.8 Å². The molecule has 0 aliphatic carbocycles. The van der Waals surface area contributed by atoms with Gasteiger partial charge in [0.1, 0.15) is 0 Å². The van der Waals surface area contributed by atoms with Crippen LogP contribution in [0.2, 0.25) is 0 Å². The van der Waals surface area contributed by atoms with E-state index in [1.54, 1.807) is 29.2 Å². The van der Waals surface area contributed by atoms with Crippen molar-refractivity contribution in [2.45, 2.75) is 26.3 Å². The minimum Gasteiger partial charge on any atom is -0.396 e. The van der Waals surface area contributed by atoms with Crippen LogP contribution in [0.3, 0.4) is 0 Å². The number of nitrogens with one attached hydrogen (secondary N) is 1. The van der Waals surface area contributed by atoms with Crippen molar-refractivity contribution < 1.29 is 14.7 Å². The number of aliphatic hydroxyl groups excluding tert-OH is 1. The van der Waals surface area contributed by atoms with Gasteiger partial charge in [-0.1, -0.05) is 12.1 Å². The molecule has 0 saturated carbocycles. The van der Waals surface area contributed by atoms with E-state index >= 15 is 0 Å². The van der Waals surface area contributed by atoms with Crippen molar-refractivity contribution in [3.63, 3.8) is 0 Å². The molecule has 1 aromatic rings. The lowest BCUT2D eigenvalue weighted by Crippen LogP contribution is -2.33. The molecule has 1 atom stereocenters. The van der Waals surface area contributed by atoms with Gasteiger partial charge in [-0.15, -0.1) is 0 Å². The van der Waals surface area contributed by atoms with Crippen molar-refractivity contribution in [1.29, 1.82) is 0 Å². The average molecular weight is 276 g/mol. The van der Waals surface area contributed by atoms with E-state index in [4.69, 9.17) is 0 Å². The molecular weight excluding hydrogens is 256 g/mol. The van der Waals surface area contributed by atoms with Gasteiger partial charge in [-0.05, 0) is 26.0 Å². The second-order valence-corrected chi connectivity index (χ2v) is 5.40. The van der Waals surface area contributed by atoms with Crippen LogP contribution in [-0.2, 0) is 4.79 Å². The highest BCUT2D eigenvalue weighted by Gasteiger charge is 2.32. The summed E-state index contributed by atoms with van der Waals surface area (Å²) in [4.78, 5) is 25.8. The number of rotatable bonds is 4. The molecule has 5 heteroatoms. The highest BCUT2D eigenvalue weighted by molar-refractivity contribution is 6.05. The molecule has 1 aliphatic rings. The lowest BCUT2D eigenvalue weighted by Gasteiger charge is -2.20. The third-order valence-corrected chi connectivity index (χ3v) is 3.32. The standard InChI is InChI=1S/C15H20N2O3/c1-10(2)16-15(20)12-5-3-4-6-13(12)17-8-11(9-18)7-14(17)19/h3-6,10-11,18H,7-9H2,1-2H3,(H,16,20). The quantitative estimate of drug-likeness (QED) is 0.867. The number of aliphatic hydroxyl groups is 1. The molecule has 1 aromatic carbocycles. The van der Waals surface area contributed by atoms with E-state index in [2.05, 4.69) is 5.32 Å². The number of anilines is 1. The number of carbonyl (C=O) groups is 2. The number of para-hydroxylation sites is 1. The van der Waals surface area contributed by atoms with E-state index in [-0.39, 0.29) is 30.4 Å². The SMILES string of the molecule is CC(C)NC(=O)c1ccccc1N1CC(CO)CC1=O. The molecule has 108 valence electrons. The fourth-order valence-corrected chi connectivity index (χ4v) is 2.38. The van der Waals surface area contributed by atoms with Gasteiger partial charge in [0, 0.05) is 31.5 Å². The first-order chi connectivity index (χ1) is 9.52. The predicted octanol–water partition coefficient (Wildman–Crippen LogP) is 1.17. The van der Waals surface area contributed by atoms with Crippen LogP contribution in [0.15, 0.2) is 24.3 Å². The van der Waals surface area contributed by atoms with Crippen LogP contribution in [0.4, 0.5) is 5.69 Å². The Morgan fingerprint density at radius 3 is 2.75 bits per heavy atom. The van der Waals surface area contributed by atoms with E-state index in [1.165, 1.54) is 0 Å². The number of amides is 2. The third-order valence-electron chi connectivity index (χ3n) is 3.32. The maximum atomic E-state index is 12.2. The zero-order chi connectivity index (χ0) is 14.7. The van der Waals surface area contributed by atoms with Crippen LogP contribution in [0.5, 0.6) is 0 Å². The number of carbonyl (C=O) groups excluding carboxylic acids is 2. The number of benzene rings is 1. The molecule has 0 aromatic heterocycles. The molecule has 2 rings (SSSR count). The second kappa shape index (κ2) is 6.05. The van der Waals surface area contributed by atoms with Crippen molar-refractivity contribution in [3.8, 4) is 0 Å². The second-order valence-electron chi connectivity index (χ2n) is 5.40. The van der Waals surface area contributed by atoms with Crippen molar-refractivity contribution in [3.05, 3.63) is 29.8 Å². The minimum absolute atomic E-state index is 0.0113. The molecule has 1 unspecified atom stereocenters. The van der Waals surface area contributed by atoms with Crippen molar-refractivity contribution >= 4 is 17.5 Å². The Morgan fingerprint density at radius 2 is 2.15 bits per heavy atom. The van der Waals surface area contributed by atoms with Gasteiger partial charge in [-0.3, -0.25) is 9.59 Å². The molecule has 1 aliphatic heterocycles. The van der Waals surface area contributed by atoms with Crippen molar-refractivity contribution in [2.75, 3.05) is 18.1 Å². The van der Waals surface area contributed by atoms with E-state index in [0.717, 1.165) is 0 Å². The molecule has 5 nitrogen and oxygen atoms in total. The highest BCUT2D eigenvalue weighted by Crippen LogP contribution is 2.28. The first-order valence-electron chi connectivity index (χ1n) is 6.84. The smallest absolute Gasteiger partial charge is 0.253 e. The summed E-state index contributed by atoms with van der Waals surface area (Å²) >= 11 is 0. The van der Waals surface area contributed by atoms with Crippen LogP contribution < -0.4 is 10.2 Å². The van der Waals surface area contributed by atoms with Crippen LogP contribution in [0.1, 0.15) is 30.6 Å². The molecule has 1 saturated heterocycles. The number of hydrogen-bond donors (Lipinski definition) is 2. The maximum Gasteiger partial charge on any atom is 0.253 e. The lowest BCUT2D eigenvalue weighted by atomic mass is 10.1. The van der Waals surface area contributed by atoms with E-state index in [9.17, 15) is 14.7 Å². The molecule has 0 spiro atoms. The minimum atomic E-state index is -0.184. The van der Waals surface area contributed by atoms with Crippen LogP contribution in [0.25, 0.3) is 0 Å². The average Bonchev–Trinajstić information content (AvgIpc) is 2.79. The summed E-state index contributed by atoms with van der Waals surface area (Å²) < 4.78 is 0. The van der Waals surface area contributed by atoms with Gasteiger partial charge in [0.25, 0.3) is 5.91 Å². The summed E-state index contributed by atoms with van der Waals surface area (Å²) in [5.74, 6) is -0.284. The Bertz CT molecular complexity index is 514. The lowest BCUT2D eigenvalue weighted by molar-refractivity contribution is -0.117. The molecule has 1 heterocycles. The van der Waals surface area contributed by atoms with E-state index in [0.29, 0.717) is 24.2 Å². The first-order valence-corrected chi connectivity index (χ1v) is 6.84. The number of hydrogen-bond acceptors (Lipinski definition) is 3. The molecule has 2 amide bonds. The van der Waals surface area contributed by atoms with Gasteiger partial charge in [0.05, 0.1) is 11.3 Å². The third kappa shape index (κ3) is 2.99. The fourth-order valence-electron chi connectivity index (χ4n) is 2.38. The molecule has 2 N–H and O–H groups in total. The normalized spacial score (nSPS) is 18.7. The van der Waals surface area contributed by atoms with Crippen molar-refractivity contribution in [1.82, 2.24) is 5.32 Å². The molecule has 1 fully saturated rings. The van der Waals surface area contributed by atoms with Gasteiger partial charge in [0.2, 0.25) is 5.91 Å². The van der Waals surface area contributed by atoms with Crippen LogP contribution >= 0.6 is 0 Å². The zero-order valence-corrected chi connectivity index (χ0v) is 11.8. The van der Waals surface area contributed by atoms with Gasteiger partial charge in [-0.25, -0.2) is 0 Å². The highest BCUT2D eigenvalue weighted by atomic mass is 16.3. The summed E-state index contributed by atoms with van der Waals surface area (Å²) in [5, 5.41) is 12.0. The van der Waals surface area contributed by atoms with Gasteiger partial charge >= 0.3 is 0 Å². The predicted molar refractivity (Wildman–Crippen MR) is 76.6 cm³/mol. The summed E-state index contributed by atoms with van der Waals surface area (Å²) in [6.45, 7) is 4.23. The molecular formula is C15H20N2O3. The van der Waals surface area contributed by atoms with Gasteiger partial charge < -0.3 is 15.3 Å².